The third kappa shape index (κ3) is 4.15. The smallest absolute Gasteiger partial charge is 0.416 e. The molecule has 0 aliphatic rings. The lowest BCUT2D eigenvalue weighted by Gasteiger charge is -2.10. The van der Waals surface area contributed by atoms with Gasteiger partial charge in [-0.3, -0.25) is 14.9 Å². The van der Waals surface area contributed by atoms with Crippen molar-refractivity contribution in [3.05, 3.63) is 69.3 Å². The first-order chi connectivity index (χ1) is 12.1. The van der Waals surface area contributed by atoms with Crippen molar-refractivity contribution in [2.75, 3.05) is 12.4 Å². The molecule has 2 rings (SSSR count). The second kappa shape index (κ2) is 7.21. The van der Waals surface area contributed by atoms with E-state index in [1.165, 1.54) is 31.4 Å². The molecule has 2 aromatic rings. The fraction of sp³-hybridized carbons (Fsp3) is 0.125. The number of esters is 1. The number of nitro benzene ring substituents is 1. The van der Waals surface area contributed by atoms with Crippen LogP contribution in [0.2, 0.25) is 0 Å². The van der Waals surface area contributed by atoms with Crippen LogP contribution in [0.25, 0.3) is 0 Å². The van der Waals surface area contributed by atoms with Gasteiger partial charge in [0.15, 0.2) is 0 Å². The first kappa shape index (κ1) is 18.9. The summed E-state index contributed by atoms with van der Waals surface area (Å²) in [6.07, 6.45) is -4.78. The Morgan fingerprint density at radius 2 is 1.85 bits per heavy atom. The lowest BCUT2D eigenvalue weighted by atomic mass is 10.1. The number of hydrogen-bond acceptors (Lipinski definition) is 5. The Morgan fingerprint density at radius 1 is 1.15 bits per heavy atom. The Bertz CT molecular complexity index is 880. The number of carbonyl (C=O) groups excluding carboxylic acids is 2. The molecule has 10 heteroatoms. The number of nitrogens with one attached hydrogen (secondary N) is 1. The molecule has 0 atom stereocenters. The van der Waals surface area contributed by atoms with Crippen molar-refractivity contribution in [3.63, 3.8) is 0 Å². The number of ether oxygens (including phenoxy) is 1. The molecule has 136 valence electrons. The average molecular weight is 368 g/mol. The van der Waals surface area contributed by atoms with E-state index in [4.69, 9.17) is 0 Å². The van der Waals surface area contributed by atoms with Crippen molar-refractivity contribution in [1.82, 2.24) is 0 Å². The predicted molar refractivity (Wildman–Crippen MR) is 83.8 cm³/mol. The van der Waals surface area contributed by atoms with E-state index in [1.54, 1.807) is 0 Å². The van der Waals surface area contributed by atoms with E-state index in [1.807, 2.05) is 0 Å². The number of carbonyl (C=O) groups is 2. The highest BCUT2D eigenvalue weighted by atomic mass is 19.4. The molecule has 0 spiro atoms. The molecule has 0 radical (unpaired) electrons. The monoisotopic (exact) mass is 368 g/mol. The van der Waals surface area contributed by atoms with Gasteiger partial charge in [-0.05, 0) is 30.3 Å². The van der Waals surface area contributed by atoms with Crippen LogP contribution in [0.5, 0.6) is 0 Å². The van der Waals surface area contributed by atoms with Crippen molar-refractivity contribution < 1.29 is 32.4 Å². The largest absolute Gasteiger partial charge is 0.465 e. The summed E-state index contributed by atoms with van der Waals surface area (Å²) in [6, 6.07) is 7.11. The molecule has 0 saturated carbocycles. The van der Waals surface area contributed by atoms with Crippen LogP contribution in [-0.2, 0) is 10.9 Å². The summed E-state index contributed by atoms with van der Waals surface area (Å²) < 4.78 is 42.6. The molecule has 0 fully saturated rings. The highest BCUT2D eigenvalue weighted by molar-refractivity contribution is 6.07. The molecule has 1 N–H and O–H groups in total. The van der Waals surface area contributed by atoms with Crippen molar-refractivity contribution in [3.8, 4) is 0 Å². The topological polar surface area (TPSA) is 98.5 Å². The molecule has 0 aromatic heterocycles. The first-order valence-corrected chi connectivity index (χ1v) is 6.99. The van der Waals surface area contributed by atoms with Gasteiger partial charge < -0.3 is 10.1 Å². The van der Waals surface area contributed by atoms with Crippen molar-refractivity contribution in [2.45, 2.75) is 6.18 Å². The van der Waals surface area contributed by atoms with Gasteiger partial charge in [-0.15, -0.1) is 0 Å². The molecule has 1 amide bonds. The van der Waals surface area contributed by atoms with E-state index in [-0.39, 0.29) is 11.3 Å². The summed E-state index contributed by atoms with van der Waals surface area (Å²) in [5.41, 5.74) is -2.54. The van der Waals surface area contributed by atoms with E-state index in [2.05, 4.69) is 10.1 Å². The normalized spacial score (nSPS) is 10.9. The van der Waals surface area contributed by atoms with Gasteiger partial charge in [-0.2, -0.15) is 13.2 Å². The molecule has 0 aliphatic carbocycles. The molecule has 26 heavy (non-hydrogen) atoms. The number of nitrogens with zero attached hydrogens (tertiary/aromatic N) is 1. The van der Waals surface area contributed by atoms with Crippen LogP contribution in [0.15, 0.2) is 42.5 Å². The molecule has 2 aromatic carbocycles. The van der Waals surface area contributed by atoms with Gasteiger partial charge in [-0.1, -0.05) is 6.07 Å². The van der Waals surface area contributed by atoms with E-state index in [0.29, 0.717) is 12.1 Å². The first-order valence-electron chi connectivity index (χ1n) is 6.99. The van der Waals surface area contributed by atoms with Crippen LogP contribution in [-0.4, -0.2) is 23.9 Å². The highest BCUT2D eigenvalue weighted by Gasteiger charge is 2.34. The Balaban J connectivity index is 2.35. The van der Waals surface area contributed by atoms with Crippen molar-refractivity contribution >= 4 is 23.3 Å². The fourth-order valence-electron chi connectivity index (χ4n) is 2.09. The van der Waals surface area contributed by atoms with E-state index >= 15 is 0 Å². The zero-order valence-corrected chi connectivity index (χ0v) is 13.2. The summed E-state index contributed by atoms with van der Waals surface area (Å²) in [4.78, 5) is 33.7. The third-order valence-electron chi connectivity index (χ3n) is 3.31. The second-order valence-electron chi connectivity index (χ2n) is 5.01. The summed E-state index contributed by atoms with van der Waals surface area (Å²) in [5.74, 6) is -1.66. The van der Waals surface area contributed by atoms with Crippen LogP contribution >= 0.6 is 0 Å². The number of halogens is 3. The summed E-state index contributed by atoms with van der Waals surface area (Å²) >= 11 is 0. The minimum absolute atomic E-state index is 0.118. The van der Waals surface area contributed by atoms with Crippen LogP contribution in [0.3, 0.4) is 0 Å². The number of alkyl halides is 3. The SMILES string of the molecule is COC(=O)c1cccc(NC(=O)c2ccc(C(F)(F)F)cc2[N+](=O)[O-])c1. The molecular weight excluding hydrogens is 357 g/mol. The van der Waals surface area contributed by atoms with Crippen LogP contribution in [0.1, 0.15) is 26.3 Å². The summed E-state index contributed by atoms with van der Waals surface area (Å²) in [5, 5.41) is 13.3. The summed E-state index contributed by atoms with van der Waals surface area (Å²) in [7, 11) is 1.17. The molecule has 0 bridgehead atoms. The minimum Gasteiger partial charge on any atom is -0.465 e. The van der Waals surface area contributed by atoms with E-state index < -0.39 is 39.8 Å². The zero-order valence-electron chi connectivity index (χ0n) is 13.2. The number of anilines is 1. The molecule has 0 heterocycles. The van der Waals surface area contributed by atoms with E-state index in [9.17, 15) is 32.9 Å². The number of rotatable bonds is 4. The second-order valence-corrected chi connectivity index (χ2v) is 5.01. The lowest BCUT2D eigenvalue weighted by molar-refractivity contribution is -0.385. The van der Waals surface area contributed by atoms with Gasteiger partial charge in [0.1, 0.15) is 5.56 Å². The van der Waals surface area contributed by atoms with Gasteiger partial charge in [0.25, 0.3) is 11.6 Å². The van der Waals surface area contributed by atoms with Crippen LogP contribution in [0, 0.1) is 10.1 Å². The summed E-state index contributed by atoms with van der Waals surface area (Å²) in [6.45, 7) is 0. The molecule has 0 unspecified atom stereocenters. The molecular formula is C16H11F3N2O5. The van der Waals surface area contributed by atoms with Gasteiger partial charge in [0.2, 0.25) is 0 Å². The maximum Gasteiger partial charge on any atom is 0.416 e. The standard InChI is InChI=1S/C16H11F3N2O5/c1-26-15(23)9-3-2-4-11(7-9)20-14(22)12-6-5-10(16(17,18)19)8-13(12)21(24)25/h2-8H,1H3,(H,20,22). The van der Waals surface area contributed by atoms with Crippen LogP contribution < -0.4 is 5.32 Å². The third-order valence-corrected chi connectivity index (χ3v) is 3.31. The zero-order chi connectivity index (χ0) is 19.5. The average Bonchev–Trinajstić information content (AvgIpc) is 2.59. The van der Waals surface area contributed by atoms with Crippen molar-refractivity contribution in [1.29, 1.82) is 0 Å². The number of hydrogen-bond donors (Lipinski definition) is 1. The molecule has 0 saturated heterocycles. The minimum atomic E-state index is -4.78. The Labute approximate surface area is 144 Å². The molecule has 7 nitrogen and oxygen atoms in total. The Morgan fingerprint density at radius 3 is 2.42 bits per heavy atom. The van der Waals surface area contributed by atoms with Gasteiger partial charge in [0.05, 0.1) is 23.2 Å². The predicted octanol–water partition coefficient (Wildman–Crippen LogP) is 3.65. The van der Waals surface area contributed by atoms with E-state index in [0.717, 1.165) is 6.07 Å². The quantitative estimate of drug-likeness (QED) is 0.505. The highest BCUT2D eigenvalue weighted by Crippen LogP contribution is 2.33. The Hall–Kier alpha value is -3.43. The number of nitro groups is 1. The lowest BCUT2D eigenvalue weighted by Crippen LogP contribution is -2.16. The van der Waals surface area contributed by atoms with Crippen LogP contribution in [0.4, 0.5) is 24.5 Å². The van der Waals surface area contributed by atoms with Gasteiger partial charge in [-0.25, -0.2) is 4.79 Å². The number of amides is 1. The van der Waals surface area contributed by atoms with Gasteiger partial charge in [0, 0.05) is 11.8 Å². The maximum atomic E-state index is 12.7. The number of methoxy groups -OCH3 is 1. The molecule has 0 aliphatic heterocycles. The fourth-order valence-corrected chi connectivity index (χ4v) is 2.09. The number of benzene rings is 2. The Kier molecular flexibility index (Phi) is 5.24. The van der Waals surface area contributed by atoms with Gasteiger partial charge >= 0.3 is 12.1 Å². The van der Waals surface area contributed by atoms with Crippen molar-refractivity contribution in [2.24, 2.45) is 0 Å². The maximum absolute atomic E-state index is 12.7.